The summed E-state index contributed by atoms with van der Waals surface area (Å²) in [6.45, 7) is 4.25. The van der Waals surface area contributed by atoms with Crippen LogP contribution in [0.2, 0.25) is 0 Å². The number of fused-ring (bicyclic) bond motifs is 29. The summed E-state index contributed by atoms with van der Waals surface area (Å²) in [5.74, 6) is 1.47. The molecule has 0 spiro atoms. The zero-order valence-electron chi connectivity index (χ0n) is 60.9. The first-order valence-electron chi connectivity index (χ1n) is 36.2. The number of benzene rings is 8. The molecule has 28 nitrogen and oxygen atoms in total. The van der Waals surface area contributed by atoms with E-state index in [1.54, 1.807) is 82.0 Å². The average Bonchev–Trinajstić information content (AvgIpc) is 1.67. The molecule has 2 atom stereocenters. The quantitative estimate of drug-likeness (QED) is 0.120. The number of rotatable bonds is 6. The Balaban J connectivity index is 0.000000126. The Bertz CT molecular complexity index is 6130. The number of anilines is 4. The maximum Gasteiger partial charge on any atom is 0.267 e. The van der Waals surface area contributed by atoms with Crippen LogP contribution in [0.3, 0.4) is 0 Å². The predicted molar refractivity (Wildman–Crippen MR) is 420 cm³/mol. The highest BCUT2D eigenvalue weighted by Crippen LogP contribution is 2.38. The van der Waals surface area contributed by atoms with Gasteiger partial charge in [-0.2, -0.15) is 10.2 Å². The van der Waals surface area contributed by atoms with Crippen molar-refractivity contribution in [3.8, 4) is 51.3 Å². The number of hydrogen-bond acceptors (Lipinski definition) is 19. The molecule has 2 unspecified atom stereocenters. The lowest BCUT2D eigenvalue weighted by atomic mass is 10.0. The van der Waals surface area contributed by atoms with Crippen LogP contribution in [0.5, 0.6) is 17.4 Å². The monoisotopic (exact) mass is 1490 g/mol. The Morgan fingerprint density at radius 3 is 1.75 bits per heavy atom. The SMILES string of the molecule is CN(C)CCC1c2cccc(c2)C(=O)Nc2nc3ccccc3n2-c2cccc(c2)-c2ccc(=O)n1n2.COc1cc2nc3n(c2cc1OC)CC(O)CCOc1ccc(=O)n(n1)Cc1cccc(c1)C(=O)N3.O=C1Nc2nc3ccccc3n2-c2cc(ccc2N2CCOCC2)-c2ccc(=O)n(n2)Cc2cccc1c2. The molecule has 0 saturated carbocycles. The van der Waals surface area contributed by atoms with Gasteiger partial charge in [-0.25, -0.2) is 29.0 Å². The van der Waals surface area contributed by atoms with Crippen molar-refractivity contribution in [1.29, 1.82) is 0 Å². The van der Waals surface area contributed by atoms with E-state index in [1.807, 2.05) is 138 Å². The fourth-order valence-electron chi connectivity index (χ4n) is 14.1. The summed E-state index contributed by atoms with van der Waals surface area (Å²) < 4.78 is 32.1. The molecule has 1 fully saturated rings. The van der Waals surface area contributed by atoms with Gasteiger partial charge in [0.15, 0.2) is 11.5 Å². The number of hydrogen-bond donors (Lipinski definition) is 4. The van der Waals surface area contributed by atoms with Gasteiger partial charge < -0.3 is 38.4 Å². The van der Waals surface area contributed by atoms with Crippen LogP contribution < -0.4 is 51.7 Å². The number of para-hydroxylation sites is 4. The summed E-state index contributed by atoms with van der Waals surface area (Å²) in [6.07, 6.45) is 0.109. The first kappa shape index (κ1) is 71.5. The van der Waals surface area contributed by atoms with Gasteiger partial charge in [0.05, 0.1) is 122 Å². The highest BCUT2D eigenvalue weighted by Gasteiger charge is 2.27. The van der Waals surface area contributed by atoms with E-state index >= 15 is 0 Å². The smallest absolute Gasteiger partial charge is 0.267 e. The van der Waals surface area contributed by atoms with Crippen molar-refractivity contribution in [3.63, 3.8) is 0 Å². The summed E-state index contributed by atoms with van der Waals surface area (Å²) >= 11 is 0. The minimum atomic E-state index is -0.826. The topological polar surface area (TPSA) is 309 Å². The second-order valence-corrected chi connectivity index (χ2v) is 27.3. The highest BCUT2D eigenvalue weighted by atomic mass is 16.5. The minimum absolute atomic E-state index is 0.137. The molecule has 1 saturated heterocycles. The van der Waals surface area contributed by atoms with Crippen molar-refractivity contribution in [1.82, 2.24) is 62.9 Å². The molecule has 0 aliphatic carbocycles. The second kappa shape index (κ2) is 30.9. The maximum absolute atomic E-state index is 13.5. The molecule has 28 heteroatoms. The van der Waals surface area contributed by atoms with Crippen molar-refractivity contribution in [2.75, 3.05) is 88.6 Å². The summed E-state index contributed by atoms with van der Waals surface area (Å²) in [4.78, 5) is 96.7. The molecule has 4 aliphatic heterocycles. The molecule has 0 radical (unpaired) electrons. The third-order valence-electron chi connectivity index (χ3n) is 19.7. The molecule has 4 aliphatic rings. The number of nitrogens with one attached hydrogen (secondary N) is 3. The fraction of sp³-hybridized carbons (Fsp3) is 0.205. The van der Waals surface area contributed by atoms with E-state index in [4.69, 9.17) is 39.1 Å². The number of aliphatic hydroxyl groups excluding tert-OH is 1. The number of aliphatic hydroxyl groups is 1. The van der Waals surface area contributed by atoms with Crippen LogP contribution >= 0.6 is 0 Å². The number of imidazole rings is 3. The molecule has 10 heterocycles. The number of carbonyl (C=O) groups is 3. The maximum atomic E-state index is 13.5. The van der Waals surface area contributed by atoms with Crippen molar-refractivity contribution in [2.24, 2.45) is 0 Å². The average molecular weight is 1490 g/mol. The summed E-state index contributed by atoms with van der Waals surface area (Å²) in [5, 5.41) is 33.5. The van der Waals surface area contributed by atoms with Crippen LogP contribution in [0, 0.1) is 0 Å². The van der Waals surface area contributed by atoms with E-state index in [2.05, 4.69) is 48.0 Å². The lowest BCUT2D eigenvalue weighted by Gasteiger charge is -2.31. The molecule has 16 bridgehead atoms. The van der Waals surface area contributed by atoms with Crippen molar-refractivity contribution < 1.29 is 38.4 Å². The summed E-state index contributed by atoms with van der Waals surface area (Å²) in [6, 6.07) is 63.8. The van der Waals surface area contributed by atoms with Crippen molar-refractivity contribution in [3.05, 3.63) is 277 Å². The number of ether oxygens (including phenoxy) is 4. The molecule has 4 N–H and O–H groups in total. The Morgan fingerprint density at radius 1 is 0.495 bits per heavy atom. The van der Waals surface area contributed by atoms with E-state index in [1.165, 1.54) is 35.7 Å². The molecule has 558 valence electrons. The molecule has 111 heavy (non-hydrogen) atoms. The van der Waals surface area contributed by atoms with E-state index < -0.39 is 6.10 Å². The van der Waals surface area contributed by atoms with E-state index in [0.717, 1.165) is 86.6 Å². The third kappa shape index (κ3) is 15.0. The molecule has 3 amide bonds. The fourth-order valence-corrected chi connectivity index (χ4v) is 14.1. The Kier molecular flexibility index (Phi) is 19.9. The number of methoxy groups -OCH3 is 2. The van der Waals surface area contributed by atoms with Crippen LogP contribution in [0.4, 0.5) is 23.5 Å². The molecule has 6 aromatic heterocycles. The summed E-state index contributed by atoms with van der Waals surface area (Å²) in [5.41, 5.74) is 13.3. The highest BCUT2D eigenvalue weighted by molar-refractivity contribution is 6.06. The number of nitrogens with zero attached hydrogens (tertiary/aromatic N) is 14. The van der Waals surface area contributed by atoms with Gasteiger partial charge in [-0.15, -0.1) is 5.10 Å². The van der Waals surface area contributed by atoms with Gasteiger partial charge in [0.25, 0.3) is 34.4 Å². The van der Waals surface area contributed by atoms with Gasteiger partial charge in [0, 0.05) is 89.4 Å². The van der Waals surface area contributed by atoms with Gasteiger partial charge >= 0.3 is 0 Å². The lowest BCUT2D eigenvalue weighted by molar-refractivity contribution is 0.101. The Morgan fingerprint density at radius 2 is 1.06 bits per heavy atom. The zero-order valence-corrected chi connectivity index (χ0v) is 60.9. The van der Waals surface area contributed by atoms with Gasteiger partial charge in [-0.3, -0.25) is 53.9 Å². The van der Waals surface area contributed by atoms with Gasteiger partial charge in [0.1, 0.15) is 0 Å². The Labute approximate surface area is 633 Å². The van der Waals surface area contributed by atoms with E-state index in [9.17, 15) is 33.9 Å². The number of amides is 3. The van der Waals surface area contributed by atoms with Crippen LogP contribution in [-0.2, 0) is 24.4 Å². The Hall–Kier alpha value is -13.7. The van der Waals surface area contributed by atoms with Crippen LogP contribution in [0.25, 0.3) is 67.0 Å². The predicted octanol–water partition coefficient (Wildman–Crippen LogP) is 10.1. The largest absolute Gasteiger partial charge is 0.493 e. The second-order valence-electron chi connectivity index (χ2n) is 27.3. The van der Waals surface area contributed by atoms with Crippen molar-refractivity contribution >= 4 is 74.4 Å². The van der Waals surface area contributed by atoms with Gasteiger partial charge in [-0.1, -0.05) is 78.9 Å². The van der Waals surface area contributed by atoms with Gasteiger partial charge in [0.2, 0.25) is 23.7 Å². The van der Waals surface area contributed by atoms with Crippen LogP contribution in [0.15, 0.2) is 227 Å². The van der Waals surface area contributed by atoms with Gasteiger partial charge in [-0.05, 0) is 141 Å². The van der Waals surface area contributed by atoms with Crippen LogP contribution in [0.1, 0.15) is 66.6 Å². The van der Waals surface area contributed by atoms with E-state index in [0.29, 0.717) is 82.1 Å². The molecule has 8 aromatic carbocycles. The first-order chi connectivity index (χ1) is 54.1. The molecule has 14 aromatic rings. The third-order valence-corrected chi connectivity index (χ3v) is 19.7. The standard InChI is InChI=1S/C29H24N6O3.C29H26N6O2.C25H25N5O6/c36-27-11-9-22-20-8-10-25(33-12-14-38-15-13-33)26(17-20)35-24-7-2-1-6-23(24)30-29(35)31-28(37)21-5-3-4-19(16-21)18-34(27)32-22;1-33(2)16-15-25-20-8-5-9-21(17-20)28(37)31-29-30-24-11-3-4-12-26(24)34(29)22-10-6-7-19(18-22)23-13-14-27(36)35(25)32-23;1-34-20-11-18-19(12-21(20)35-2)29-14-17(31)8-9-36-22-6-7-23(32)30(28-22)13-15-4-3-5-16(10-15)24(33)27-25(29)26-18/h1-11,16-17H,12-15,18H2,(H,30,31,37);3-14,17-18,25H,15-16H2,1-2H3,(H,30,31,37);3-7,10-12,17,31H,8-9,13-14H2,1-2H3,(H,26,27,33). The first-order valence-corrected chi connectivity index (χ1v) is 36.2. The van der Waals surface area contributed by atoms with Crippen LogP contribution in [-0.4, -0.2) is 160 Å². The van der Waals surface area contributed by atoms with E-state index in [-0.39, 0.29) is 84.9 Å². The molecule has 18 rings (SSSR count). The number of carbonyl (C=O) groups excluding carboxylic acids is 3. The molecular weight excluding hydrogens is 1410 g/mol. The molecular formula is C83H75N17O11. The number of aromatic nitrogens is 12. The summed E-state index contributed by atoms with van der Waals surface area (Å²) in [7, 11) is 7.06. The van der Waals surface area contributed by atoms with Crippen molar-refractivity contribution in [2.45, 2.75) is 44.6 Å². The zero-order chi connectivity index (χ0) is 76.4. The minimum Gasteiger partial charge on any atom is -0.493 e. The normalized spacial score (nSPS) is 15.3. The lowest BCUT2D eigenvalue weighted by Crippen LogP contribution is -2.36. The number of morpholine rings is 1.